The predicted octanol–water partition coefficient (Wildman–Crippen LogP) is 4.39. The number of amides is 1. The lowest BCUT2D eigenvalue weighted by molar-refractivity contribution is 0.103. The number of anilines is 2. The molecule has 20 heavy (non-hydrogen) atoms. The molecule has 0 fully saturated rings. The summed E-state index contributed by atoms with van der Waals surface area (Å²) in [6.07, 6.45) is 0. The van der Waals surface area contributed by atoms with Crippen molar-refractivity contribution >= 4 is 50.3 Å². The molecule has 3 N–H and O–H groups in total. The van der Waals surface area contributed by atoms with Crippen LogP contribution in [-0.2, 0) is 0 Å². The molecule has 0 saturated carbocycles. The van der Waals surface area contributed by atoms with Gasteiger partial charge in [-0.3, -0.25) is 4.79 Å². The summed E-state index contributed by atoms with van der Waals surface area (Å²) in [4.78, 5) is 12.8. The van der Waals surface area contributed by atoms with Crippen LogP contribution in [0.4, 0.5) is 11.4 Å². The van der Waals surface area contributed by atoms with Crippen molar-refractivity contribution in [2.24, 2.45) is 0 Å². The molecule has 1 amide bonds. The molecule has 5 heteroatoms. The smallest absolute Gasteiger partial charge is 0.267 e. The highest BCUT2D eigenvalue weighted by Crippen LogP contribution is 2.35. The van der Waals surface area contributed by atoms with E-state index in [9.17, 15) is 4.79 Å². The van der Waals surface area contributed by atoms with Crippen LogP contribution in [0.5, 0.6) is 0 Å². The van der Waals surface area contributed by atoms with Crippen LogP contribution < -0.4 is 11.1 Å². The van der Waals surface area contributed by atoms with Gasteiger partial charge in [-0.2, -0.15) is 0 Å². The molecule has 2 aromatic carbocycles. The first-order chi connectivity index (χ1) is 9.66. The number of fused-ring (bicyclic) bond motifs is 1. The fourth-order valence-electron chi connectivity index (χ4n) is 1.95. The molecule has 0 radical (unpaired) electrons. The number of nitrogen functional groups attached to an aromatic ring is 1. The van der Waals surface area contributed by atoms with Crippen LogP contribution in [0.1, 0.15) is 9.67 Å². The molecule has 3 aromatic rings. The molecular weight excluding hydrogens is 292 g/mol. The van der Waals surface area contributed by atoms with Crippen LogP contribution >= 0.6 is 22.9 Å². The van der Waals surface area contributed by atoms with E-state index >= 15 is 0 Å². The highest BCUT2D eigenvalue weighted by Gasteiger charge is 2.17. The van der Waals surface area contributed by atoms with E-state index in [1.54, 1.807) is 12.1 Å². The summed E-state index contributed by atoms with van der Waals surface area (Å²) in [5, 5.41) is 4.17. The Bertz CT molecular complexity index is 797. The average molecular weight is 303 g/mol. The molecule has 1 heterocycles. The fourth-order valence-corrected chi connectivity index (χ4v) is 3.36. The minimum absolute atomic E-state index is 0.242. The number of nitrogens with two attached hydrogens (primary N) is 1. The van der Waals surface area contributed by atoms with Crippen molar-refractivity contribution < 1.29 is 4.79 Å². The Morgan fingerprint density at radius 1 is 1.10 bits per heavy atom. The molecular formula is C15H11ClN2OS. The van der Waals surface area contributed by atoms with E-state index in [0.29, 0.717) is 21.3 Å². The number of nitrogens with one attached hydrogen (secondary N) is 1. The van der Waals surface area contributed by atoms with Gasteiger partial charge in [-0.25, -0.2) is 0 Å². The van der Waals surface area contributed by atoms with Gasteiger partial charge in [0.2, 0.25) is 0 Å². The molecule has 1 aromatic heterocycles. The fraction of sp³-hybridized carbons (Fsp3) is 0. The van der Waals surface area contributed by atoms with Gasteiger partial charge in [0.25, 0.3) is 5.91 Å². The molecule has 0 aliphatic rings. The molecule has 0 saturated heterocycles. The predicted molar refractivity (Wildman–Crippen MR) is 85.6 cm³/mol. The Balaban J connectivity index is 1.97. The van der Waals surface area contributed by atoms with Crippen LogP contribution in [-0.4, -0.2) is 5.91 Å². The lowest BCUT2D eigenvalue weighted by atomic mass is 10.2. The van der Waals surface area contributed by atoms with Crippen molar-refractivity contribution in [3.63, 3.8) is 0 Å². The van der Waals surface area contributed by atoms with Crippen LogP contribution in [0.3, 0.4) is 0 Å². The van der Waals surface area contributed by atoms with E-state index in [1.807, 2.05) is 36.4 Å². The van der Waals surface area contributed by atoms with Crippen LogP contribution in [0.2, 0.25) is 5.02 Å². The van der Waals surface area contributed by atoms with Gasteiger partial charge in [0, 0.05) is 10.1 Å². The number of benzene rings is 2. The molecule has 0 atom stereocenters. The molecule has 3 rings (SSSR count). The largest absolute Gasteiger partial charge is 0.397 e. The van der Waals surface area contributed by atoms with Crippen molar-refractivity contribution in [1.82, 2.24) is 0 Å². The first kappa shape index (κ1) is 13.0. The van der Waals surface area contributed by atoms with E-state index in [2.05, 4.69) is 5.32 Å². The van der Waals surface area contributed by atoms with Gasteiger partial charge in [0.05, 0.1) is 16.4 Å². The lowest BCUT2D eigenvalue weighted by Gasteiger charge is -2.06. The number of carbonyl (C=O) groups excluding carboxylic acids is 1. The third kappa shape index (κ3) is 2.24. The molecule has 0 bridgehead atoms. The third-order valence-electron chi connectivity index (χ3n) is 2.95. The number of hydrogen-bond donors (Lipinski definition) is 2. The van der Waals surface area contributed by atoms with Gasteiger partial charge in [-0.1, -0.05) is 41.9 Å². The normalized spacial score (nSPS) is 10.7. The van der Waals surface area contributed by atoms with Crippen molar-refractivity contribution in [3.05, 3.63) is 58.4 Å². The second-order valence-corrected chi connectivity index (χ2v) is 5.71. The van der Waals surface area contributed by atoms with Gasteiger partial charge in [0.15, 0.2) is 0 Å². The average Bonchev–Trinajstić information content (AvgIpc) is 2.79. The van der Waals surface area contributed by atoms with Crippen molar-refractivity contribution in [3.8, 4) is 0 Å². The summed E-state index contributed by atoms with van der Waals surface area (Å²) < 4.78 is 0.990. The Kier molecular flexibility index (Phi) is 3.34. The zero-order chi connectivity index (χ0) is 14.1. The Hall–Kier alpha value is -2.04. The second kappa shape index (κ2) is 5.15. The highest BCUT2D eigenvalue weighted by atomic mass is 35.5. The number of thiophene rings is 1. The summed E-state index contributed by atoms with van der Waals surface area (Å²) in [6, 6.07) is 14.8. The number of halogens is 1. The van der Waals surface area contributed by atoms with Gasteiger partial charge >= 0.3 is 0 Å². The number of rotatable bonds is 2. The summed E-state index contributed by atoms with van der Waals surface area (Å²) in [5.41, 5.74) is 6.93. The first-order valence-electron chi connectivity index (χ1n) is 5.99. The summed E-state index contributed by atoms with van der Waals surface area (Å²) in [5.74, 6) is -0.242. The Morgan fingerprint density at radius 3 is 2.55 bits per heavy atom. The van der Waals surface area contributed by atoms with Crippen molar-refractivity contribution in [2.45, 2.75) is 0 Å². The van der Waals surface area contributed by atoms with Crippen LogP contribution in [0, 0.1) is 0 Å². The number of carbonyl (C=O) groups is 1. The van der Waals surface area contributed by atoms with E-state index in [1.165, 1.54) is 11.3 Å². The van der Waals surface area contributed by atoms with E-state index < -0.39 is 0 Å². The highest BCUT2D eigenvalue weighted by molar-refractivity contribution is 7.21. The van der Waals surface area contributed by atoms with E-state index in [4.69, 9.17) is 17.3 Å². The van der Waals surface area contributed by atoms with Gasteiger partial charge in [-0.05, 0) is 18.2 Å². The maximum atomic E-state index is 12.3. The molecule has 0 unspecified atom stereocenters. The second-order valence-electron chi connectivity index (χ2n) is 4.28. The maximum absolute atomic E-state index is 12.3. The van der Waals surface area contributed by atoms with E-state index in [0.717, 1.165) is 10.1 Å². The quantitative estimate of drug-likeness (QED) is 0.690. The van der Waals surface area contributed by atoms with Crippen LogP contribution in [0.15, 0.2) is 48.5 Å². The van der Waals surface area contributed by atoms with Gasteiger partial charge < -0.3 is 11.1 Å². The van der Waals surface area contributed by atoms with Gasteiger partial charge in [0.1, 0.15) is 4.88 Å². The van der Waals surface area contributed by atoms with Gasteiger partial charge in [-0.15, -0.1) is 11.3 Å². The Morgan fingerprint density at radius 2 is 1.80 bits per heavy atom. The lowest BCUT2D eigenvalue weighted by Crippen LogP contribution is -2.12. The zero-order valence-corrected chi connectivity index (χ0v) is 12.0. The first-order valence-corrected chi connectivity index (χ1v) is 7.19. The molecule has 3 nitrogen and oxygen atoms in total. The van der Waals surface area contributed by atoms with E-state index in [-0.39, 0.29) is 5.91 Å². The number of para-hydroxylation sites is 2. The topological polar surface area (TPSA) is 55.1 Å². The SMILES string of the molecule is Nc1ccccc1NC(=O)c1sc2ccccc2c1Cl. The summed E-state index contributed by atoms with van der Waals surface area (Å²) in [7, 11) is 0. The molecule has 0 aliphatic carbocycles. The molecule has 100 valence electrons. The zero-order valence-electron chi connectivity index (χ0n) is 10.4. The number of hydrogen-bond acceptors (Lipinski definition) is 3. The monoisotopic (exact) mass is 302 g/mol. The molecule has 0 spiro atoms. The minimum Gasteiger partial charge on any atom is -0.397 e. The maximum Gasteiger partial charge on any atom is 0.267 e. The standard InChI is InChI=1S/C15H11ClN2OS/c16-13-9-5-1-4-8-12(9)20-14(13)15(19)18-11-7-3-2-6-10(11)17/h1-8H,17H2,(H,18,19). The third-order valence-corrected chi connectivity index (χ3v) is 4.62. The van der Waals surface area contributed by atoms with Crippen LogP contribution in [0.25, 0.3) is 10.1 Å². The Labute approximate surface area is 125 Å². The summed E-state index contributed by atoms with van der Waals surface area (Å²) >= 11 is 7.65. The van der Waals surface area contributed by atoms with Crippen molar-refractivity contribution in [1.29, 1.82) is 0 Å². The van der Waals surface area contributed by atoms with Crippen molar-refractivity contribution in [2.75, 3.05) is 11.1 Å². The molecule has 0 aliphatic heterocycles. The summed E-state index contributed by atoms with van der Waals surface area (Å²) in [6.45, 7) is 0. The minimum atomic E-state index is -0.242.